The molecule has 2 rings (SSSR count). The number of nitrogens with zero attached hydrogens (tertiary/aromatic N) is 1. The molecule has 0 amide bonds. The quantitative estimate of drug-likeness (QED) is 0.396. The van der Waals surface area contributed by atoms with Gasteiger partial charge in [-0.1, -0.05) is 70.8 Å². The van der Waals surface area contributed by atoms with E-state index in [2.05, 4.69) is 16.9 Å². The van der Waals surface area contributed by atoms with Crippen molar-refractivity contribution >= 4 is 21.2 Å². The van der Waals surface area contributed by atoms with Crippen LogP contribution in [0.3, 0.4) is 0 Å². The van der Waals surface area contributed by atoms with Gasteiger partial charge >= 0.3 is 0 Å². The number of aryl methyl sites for hydroxylation is 1. The number of nitrogens with one attached hydrogen (secondary N) is 1. The van der Waals surface area contributed by atoms with Crippen molar-refractivity contribution in [3.8, 4) is 0 Å². The second-order valence-electron chi connectivity index (χ2n) is 6.74. The third-order valence-electron chi connectivity index (χ3n) is 4.57. The number of imidazole rings is 1. The van der Waals surface area contributed by atoms with Crippen LogP contribution >= 0.6 is 0 Å². The highest BCUT2D eigenvalue weighted by Gasteiger charge is 2.16. The van der Waals surface area contributed by atoms with E-state index in [1.165, 1.54) is 57.4 Å². The van der Waals surface area contributed by atoms with Gasteiger partial charge in [-0.3, -0.25) is 4.55 Å². The Labute approximate surface area is 151 Å². The van der Waals surface area contributed by atoms with Gasteiger partial charge in [0, 0.05) is 6.42 Å². The van der Waals surface area contributed by atoms with Crippen LogP contribution in [0.25, 0.3) is 11.0 Å². The number of aromatic nitrogens is 2. The van der Waals surface area contributed by atoms with Crippen LogP contribution in [0.1, 0.15) is 77.0 Å². The fourth-order valence-corrected chi connectivity index (χ4v) is 3.81. The molecule has 0 atom stereocenters. The van der Waals surface area contributed by atoms with E-state index in [1.54, 1.807) is 12.1 Å². The third-order valence-corrected chi connectivity index (χ3v) is 5.46. The van der Waals surface area contributed by atoms with Crippen molar-refractivity contribution in [1.82, 2.24) is 9.97 Å². The van der Waals surface area contributed by atoms with Crippen molar-refractivity contribution in [2.24, 2.45) is 0 Å². The van der Waals surface area contributed by atoms with Crippen molar-refractivity contribution in [3.63, 3.8) is 0 Å². The molecule has 0 fully saturated rings. The Balaban J connectivity index is 1.72. The van der Waals surface area contributed by atoms with Crippen molar-refractivity contribution < 1.29 is 13.0 Å². The van der Waals surface area contributed by atoms with Gasteiger partial charge < -0.3 is 4.98 Å². The van der Waals surface area contributed by atoms with Gasteiger partial charge in [0.15, 0.2) is 0 Å². The molecule has 0 bridgehead atoms. The summed E-state index contributed by atoms with van der Waals surface area (Å²) in [5.74, 6) is 0.783. The normalized spacial score (nSPS) is 12.1. The van der Waals surface area contributed by atoms with E-state index in [-0.39, 0.29) is 4.90 Å². The first-order valence-corrected chi connectivity index (χ1v) is 10.9. The molecule has 25 heavy (non-hydrogen) atoms. The lowest BCUT2D eigenvalue weighted by Crippen LogP contribution is -1.98. The Kier molecular flexibility index (Phi) is 7.90. The largest absolute Gasteiger partial charge is 0.342 e. The number of rotatable bonds is 12. The lowest BCUT2D eigenvalue weighted by molar-refractivity contribution is 0.484. The molecule has 1 heterocycles. The highest BCUT2D eigenvalue weighted by molar-refractivity contribution is 7.86. The predicted molar refractivity (Wildman–Crippen MR) is 101 cm³/mol. The van der Waals surface area contributed by atoms with Gasteiger partial charge in [-0.15, -0.1) is 0 Å². The number of hydrogen-bond acceptors (Lipinski definition) is 3. The molecule has 6 heteroatoms. The van der Waals surface area contributed by atoms with E-state index < -0.39 is 10.1 Å². The Morgan fingerprint density at radius 3 is 2.16 bits per heavy atom. The number of hydrogen-bond donors (Lipinski definition) is 2. The number of aromatic amines is 1. The Hall–Kier alpha value is -1.40. The van der Waals surface area contributed by atoms with E-state index in [0.29, 0.717) is 11.0 Å². The lowest BCUT2D eigenvalue weighted by atomic mass is 10.1. The maximum Gasteiger partial charge on any atom is 0.296 e. The van der Waals surface area contributed by atoms with Crippen LogP contribution in [0.15, 0.2) is 23.1 Å². The van der Waals surface area contributed by atoms with Crippen LogP contribution in [0.5, 0.6) is 0 Å². The van der Waals surface area contributed by atoms with Crippen LogP contribution in [-0.2, 0) is 16.5 Å². The van der Waals surface area contributed by atoms with Crippen LogP contribution < -0.4 is 0 Å². The lowest BCUT2D eigenvalue weighted by Gasteiger charge is -2.01. The van der Waals surface area contributed by atoms with E-state index in [0.717, 1.165) is 25.1 Å². The molecule has 0 radical (unpaired) electrons. The molecule has 0 aliphatic heterocycles. The van der Waals surface area contributed by atoms with Crippen molar-refractivity contribution in [3.05, 3.63) is 24.0 Å². The Bertz CT molecular complexity index is 753. The number of benzene rings is 1. The number of para-hydroxylation sites is 1. The molecule has 140 valence electrons. The zero-order valence-electron chi connectivity index (χ0n) is 15.1. The molecule has 0 saturated heterocycles. The minimum Gasteiger partial charge on any atom is -0.342 e. The van der Waals surface area contributed by atoms with E-state index in [9.17, 15) is 13.0 Å². The van der Waals surface area contributed by atoms with Crippen molar-refractivity contribution in [2.45, 2.75) is 82.4 Å². The molecule has 0 saturated carbocycles. The first-order chi connectivity index (χ1) is 12.0. The standard InChI is InChI=1S/C19H30N2O3S/c1-2-3-4-5-6-7-8-9-10-11-15-18-20-16-13-12-14-17(19(16)21-18)25(22,23)24/h12-14H,2-11,15H2,1H3,(H,20,21)(H,22,23,24). The highest BCUT2D eigenvalue weighted by atomic mass is 32.2. The maximum absolute atomic E-state index is 11.4. The zero-order valence-corrected chi connectivity index (χ0v) is 15.9. The molecule has 1 aromatic carbocycles. The molecule has 2 N–H and O–H groups in total. The average Bonchev–Trinajstić information content (AvgIpc) is 2.98. The first-order valence-electron chi connectivity index (χ1n) is 9.47. The van der Waals surface area contributed by atoms with Crippen molar-refractivity contribution in [2.75, 3.05) is 0 Å². The summed E-state index contributed by atoms with van der Waals surface area (Å²) in [6.45, 7) is 2.24. The third kappa shape index (κ3) is 6.44. The van der Waals surface area contributed by atoms with Gasteiger partial charge in [0.2, 0.25) is 0 Å². The highest BCUT2D eigenvalue weighted by Crippen LogP contribution is 2.21. The van der Waals surface area contributed by atoms with E-state index in [1.807, 2.05) is 0 Å². The zero-order chi connectivity index (χ0) is 18.1. The Morgan fingerprint density at radius 1 is 0.960 bits per heavy atom. The number of fused-ring (bicyclic) bond motifs is 1. The summed E-state index contributed by atoms with van der Waals surface area (Å²) < 4.78 is 32.1. The van der Waals surface area contributed by atoms with E-state index >= 15 is 0 Å². The van der Waals surface area contributed by atoms with Gasteiger partial charge in [-0.25, -0.2) is 4.98 Å². The monoisotopic (exact) mass is 366 g/mol. The van der Waals surface area contributed by atoms with Crippen LogP contribution in [-0.4, -0.2) is 22.9 Å². The van der Waals surface area contributed by atoms with Gasteiger partial charge in [0.05, 0.1) is 5.52 Å². The smallest absolute Gasteiger partial charge is 0.296 e. The maximum atomic E-state index is 11.4. The summed E-state index contributed by atoms with van der Waals surface area (Å²) in [7, 11) is -4.24. The molecule has 5 nitrogen and oxygen atoms in total. The first kappa shape index (κ1) is 19.9. The molecule has 0 aliphatic carbocycles. The van der Waals surface area contributed by atoms with Gasteiger partial charge in [0.1, 0.15) is 16.2 Å². The van der Waals surface area contributed by atoms with Crippen molar-refractivity contribution in [1.29, 1.82) is 0 Å². The van der Waals surface area contributed by atoms with Crippen LogP contribution in [0.2, 0.25) is 0 Å². The molecule has 0 aliphatic rings. The molecule has 2 aromatic rings. The number of H-pyrrole nitrogens is 1. The molecule has 0 spiro atoms. The summed E-state index contributed by atoms with van der Waals surface area (Å²) in [6, 6.07) is 4.76. The van der Waals surface area contributed by atoms with Gasteiger partial charge in [-0.05, 0) is 18.6 Å². The second-order valence-corrected chi connectivity index (χ2v) is 8.13. The molecule has 0 unspecified atom stereocenters. The summed E-state index contributed by atoms with van der Waals surface area (Å²) >= 11 is 0. The van der Waals surface area contributed by atoms with E-state index in [4.69, 9.17) is 0 Å². The molecular weight excluding hydrogens is 336 g/mol. The summed E-state index contributed by atoms with van der Waals surface area (Å²) in [4.78, 5) is 7.38. The van der Waals surface area contributed by atoms with Gasteiger partial charge in [0.25, 0.3) is 10.1 Å². The van der Waals surface area contributed by atoms with Gasteiger partial charge in [-0.2, -0.15) is 8.42 Å². The summed E-state index contributed by atoms with van der Waals surface area (Å²) in [5.41, 5.74) is 0.976. The fraction of sp³-hybridized carbons (Fsp3) is 0.632. The second kappa shape index (κ2) is 9.92. The van der Waals surface area contributed by atoms with Crippen LogP contribution in [0.4, 0.5) is 0 Å². The summed E-state index contributed by atoms with van der Waals surface area (Å²) in [6.07, 6.45) is 13.6. The predicted octanol–water partition coefficient (Wildman–Crippen LogP) is 5.27. The van der Waals surface area contributed by atoms with Crippen LogP contribution in [0, 0.1) is 0 Å². The number of unbranched alkanes of at least 4 members (excludes halogenated alkanes) is 9. The molecule has 1 aromatic heterocycles. The topological polar surface area (TPSA) is 83.1 Å². The SMILES string of the molecule is CCCCCCCCCCCCc1nc2c(S(=O)(=O)O)cccc2[nH]1. The summed E-state index contributed by atoms with van der Waals surface area (Å²) in [5, 5.41) is 0. The Morgan fingerprint density at radius 2 is 1.56 bits per heavy atom. The average molecular weight is 367 g/mol. The molecular formula is C19H30N2O3S. The fourth-order valence-electron chi connectivity index (χ4n) is 3.16. The minimum absolute atomic E-state index is 0.129. The minimum atomic E-state index is -4.24.